The van der Waals surface area contributed by atoms with Gasteiger partial charge in [0.25, 0.3) is 0 Å². The van der Waals surface area contributed by atoms with Gasteiger partial charge in [-0.25, -0.2) is 4.99 Å². The maximum atomic E-state index is 4.38. The van der Waals surface area contributed by atoms with Crippen molar-refractivity contribution in [3.63, 3.8) is 0 Å². The van der Waals surface area contributed by atoms with Gasteiger partial charge in [-0.15, -0.1) is 10.2 Å². The molecule has 0 unspecified atom stereocenters. The number of aromatic nitrogens is 3. The number of para-hydroxylation sites is 1. The topological polar surface area (TPSA) is 53.9 Å². The van der Waals surface area contributed by atoms with Crippen molar-refractivity contribution >= 4 is 33.6 Å². The molecule has 90 valence electrons. The highest BCUT2D eigenvalue weighted by molar-refractivity contribution is 7.14. The molecule has 0 atom stereocenters. The minimum Gasteiger partial charge on any atom is -0.358 e. The largest absolute Gasteiger partial charge is 0.358 e. The van der Waals surface area contributed by atoms with E-state index in [1.165, 1.54) is 16.7 Å². The molecule has 5 heteroatoms. The van der Waals surface area contributed by atoms with Crippen LogP contribution in [0.4, 0.5) is 5.13 Å². The molecule has 4 nitrogen and oxygen atoms in total. The number of nitrogens with one attached hydrogen (secondary N) is 1. The number of fused-ring (bicyclic) bond motifs is 1. The van der Waals surface area contributed by atoms with Gasteiger partial charge in [-0.3, -0.25) is 0 Å². The van der Waals surface area contributed by atoms with Crippen molar-refractivity contribution in [3.05, 3.63) is 40.5 Å². The number of hydrogen-bond donors (Lipinski definition) is 1. The van der Waals surface area contributed by atoms with Crippen LogP contribution in [0.2, 0.25) is 0 Å². The summed E-state index contributed by atoms with van der Waals surface area (Å²) in [6, 6.07) is 8.20. The summed E-state index contributed by atoms with van der Waals surface area (Å²) in [5.74, 6) is 0. The van der Waals surface area contributed by atoms with Gasteiger partial charge in [-0.1, -0.05) is 29.5 Å². The average Bonchev–Trinajstić information content (AvgIpc) is 2.90. The predicted octanol–water partition coefficient (Wildman–Crippen LogP) is 3.39. The number of hydrogen-bond acceptors (Lipinski definition) is 4. The van der Waals surface area contributed by atoms with E-state index in [9.17, 15) is 0 Å². The van der Waals surface area contributed by atoms with Gasteiger partial charge in [0.2, 0.25) is 5.13 Å². The molecule has 0 bridgehead atoms. The van der Waals surface area contributed by atoms with Gasteiger partial charge in [0.15, 0.2) is 0 Å². The first-order chi connectivity index (χ1) is 8.74. The first-order valence-electron chi connectivity index (χ1n) is 5.65. The molecule has 1 N–H and O–H groups in total. The molecule has 2 heterocycles. The Morgan fingerprint density at radius 1 is 1.22 bits per heavy atom. The highest BCUT2D eigenvalue weighted by Crippen LogP contribution is 2.22. The van der Waals surface area contributed by atoms with E-state index in [4.69, 9.17) is 0 Å². The zero-order valence-electron chi connectivity index (χ0n) is 10.1. The average molecular weight is 256 g/mol. The van der Waals surface area contributed by atoms with E-state index in [1.807, 2.05) is 32.2 Å². The molecule has 0 aliphatic carbocycles. The Labute approximate surface area is 108 Å². The molecule has 0 radical (unpaired) electrons. The Balaban J connectivity index is 2.04. The van der Waals surface area contributed by atoms with Crippen molar-refractivity contribution in [2.24, 2.45) is 4.99 Å². The lowest BCUT2D eigenvalue weighted by Gasteiger charge is -1.91. The number of H-pyrrole nitrogens is 1. The number of rotatable bonds is 2. The number of aromatic amines is 1. The lowest BCUT2D eigenvalue weighted by molar-refractivity contribution is 1.04. The standard InChI is InChI=1S/C13H12N4S/c1-8-11(7-14-13-17-16-9(2)18-13)10-5-3-4-6-12(10)15-8/h3-7,15H,1-2H3. The normalized spacial score (nSPS) is 11.7. The van der Waals surface area contributed by atoms with Crippen molar-refractivity contribution in [3.8, 4) is 0 Å². The fourth-order valence-electron chi connectivity index (χ4n) is 1.92. The van der Waals surface area contributed by atoms with Gasteiger partial charge in [0, 0.05) is 28.4 Å². The van der Waals surface area contributed by atoms with Crippen LogP contribution < -0.4 is 0 Å². The Bertz CT molecular complexity index is 724. The monoisotopic (exact) mass is 256 g/mol. The molecule has 0 saturated heterocycles. The summed E-state index contributed by atoms with van der Waals surface area (Å²) in [5.41, 5.74) is 3.35. The van der Waals surface area contributed by atoms with Gasteiger partial charge >= 0.3 is 0 Å². The van der Waals surface area contributed by atoms with E-state index in [1.54, 1.807) is 0 Å². The Morgan fingerprint density at radius 2 is 2.06 bits per heavy atom. The van der Waals surface area contributed by atoms with Crippen LogP contribution in [-0.4, -0.2) is 21.4 Å². The molecule has 0 spiro atoms. The fraction of sp³-hybridized carbons (Fsp3) is 0.154. The van der Waals surface area contributed by atoms with Gasteiger partial charge < -0.3 is 4.98 Å². The van der Waals surface area contributed by atoms with E-state index < -0.39 is 0 Å². The first-order valence-corrected chi connectivity index (χ1v) is 6.47. The van der Waals surface area contributed by atoms with Crippen LogP contribution in [0.25, 0.3) is 10.9 Å². The third kappa shape index (κ3) is 1.93. The summed E-state index contributed by atoms with van der Waals surface area (Å²) in [7, 11) is 0. The first kappa shape index (κ1) is 11.1. The molecular weight excluding hydrogens is 244 g/mol. The highest BCUT2D eigenvalue weighted by Gasteiger charge is 2.05. The second kappa shape index (κ2) is 4.34. The second-order valence-electron chi connectivity index (χ2n) is 4.07. The second-order valence-corrected chi connectivity index (χ2v) is 5.23. The molecule has 0 aliphatic rings. The molecule has 0 aliphatic heterocycles. The minimum absolute atomic E-state index is 0.692. The summed E-state index contributed by atoms with van der Waals surface area (Å²) in [5, 5.41) is 10.7. The number of benzene rings is 1. The highest BCUT2D eigenvalue weighted by atomic mass is 32.1. The molecule has 3 aromatic rings. The molecule has 0 amide bonds. The van der Waals surface area contributed by atoms with Crippen LogP contribution in [0.3, 0.4) is 0 Å². The molecule has 2 aromatic heterocycles. The summed E-state index contributed by atoms with van der Waals surface area (Å²) in [4.78, 5) is 7.73. The third-order valence-corrected chi connectivity index (χ3v) is 3.51. The van der Waals surface area contributed by atoms with Gasteiger partial charge in [0.1, 0.15) is 5.01 Å². The third-order valence-electron chi connectivity index (χ3n) is 2.76. The van der Waals surface area contributed by atoms with Crippen LogP contribution in [0.1, 0.15) is 16.3 Å². The van der Waals surface area contributed by atoms with E-state index in [2.05, 4.69) is 32.3 Å². The van der Waals surface area contributed by atoms with Gasteiger partial charge in [-0.2, -0.15) is 0 Å². The zero-order valence-corrected chi connectivity index (χ0v) is 11.0. The smallest absolute Gasteiger partial charge is 0.231 e. The summed E-state index contributed by atoms with van der Waals surface area (Å²) < 4.78 is 0. The Kier molecular flexibility index (Phi) is 2.68. The van der Waals surface area contributed by atoms with Crippen molar-refractivity contribution in [1.29, 1.82) is 0 Å². The van der Waals surface area contributed by atoms with Crippen LogP contribution in [0, 0.1) is 13.8 Å². The van der Waals surface area contributed by atoms with Crippen molar-refractivity contribution < 1.29 is 0 Å². The van der Waals surface area contributed by atoms with Crippen molar-refractivity contribution in [1.82, 2.24) is 15.2 Å². The van der Waals surface area contributed by atoms with Crippen LogP contribution in [0.5, 0.6) is 0 Å². The molecule has 0 fully saturated rings. The molecule has 3 rings (SSSR count). The zero-order chi connectivity index (χ0) is 12.5. The maximum absolute atomic E-state index is 4.38. The molecule has 18 heavy (non-hydrogen) atoms. The number of aryl methyl sites for hydroxylation is 2. The van der Waals surface area contributed by atoms with Crippen molar-refractivity contribution in [2.75, 3.05) is 0 Å². The molecule has 1 aromatic carbocycles. The maximum Gasteiger partial charge on any atom is 0.231 e. The predicted molar refractivity (Wildman–Crippen MR) is 74.9 cm³/mol. The lowest BCUT2D eigenvalue weighted by Crippen LogP contribution is -1.82. The SMILES string of the molecule is Cc1nnc(N=Cc2c(C)[nH]c3ccccc23)s1. The van der Waals surface area contributed by atoms with E-state index >= 15 is 0 Å². The summed E-state index contributed by atoms with van der Waals surface area (Å²) >= 11 is 1.49. The van der Waals surface area contributed by atoms with Gasteiger partial charge in [0.05, 0.1) is 0 Å². The Morgan fingerprint density at radius 3 is 2.83 bits per heavy atom. The van der Waals surface area contributed by atoms with Crippen LogP contribution in [-0.2, 0) is 0 Å². The summed E-state index contributed by atoms with van der Waals surface area (Å²) in [6.07, 6.45) is 1.86. The quantitative estimate of drug-likeness (QED) is 0.714. The molecule has 0 saturated carbocycles. The van der Waals surface area contributed by atoms with E-state index in [0.717, 1.165) is 21.8 Å². The van der Waals surface area contributed by atoms with Crippen LogP contribution in [0.15, 0.2) is 29.3 Å². The number of aliphatic imine (C=N–C) groups is 1. The number of nitrogens with zero attached hydrogens (tertiary/aromatic N) is 3. The van der Waals surface area contributed by atoms with E-state index in [0.29, 0.717) is 5.13 Å². The lowest BCUT2D eigenvalue weighted by atomic mass is 10.1. The van der Waals surface area contributed by atoms with Crippen molar-refractivity contribution in [2.45, 2.75) is 13.8 Å². The van der Waals surface area contributed by atoms with Gasteiger partial charge in [-0.05, 0) is 19.9 Å². The summed E-state index contributed by atoms with van der Waals surface area (Å²) in [6.45, 7) is 3.97. The van der Waals surface area contributed by atoms with E-state index in [-0.39, 0.29) is 0 Å². The minimum atomic E-state index is 0.692. The fourth-order valence-corrected chi connectivity index (χ4v) is 2.46. The Hall–Kier alpha value is -2.01. The molecular formula is C13H12N4S. The van der Waals surface area contributed by atoms with Crippen LogP contribution >= 0.6 is 11.3 Å².